The third kappa shape index (κ3) is 61.6. The quantitative estimate of drug-likeness (QED) is 0.0222. The van der Waals surface area contributed by atoms with Crippen molar-refractivity contribution in [3.05, 3.63) is 0 Å². The van der Waals surface area contributed by atoms with Crippen LogP contribution in [0.25, 0.3) is 0 Å². The molecule has 0 aliphatic carbocycles. The molecule has 0 radical (unpaired) electrons. The fourth-order valence-electron chi connectivity index (χ4n) is 10.4. The Balaban J connectivity index is 5.19. The summed E-state index contributed by atoms with van der Waals surface area (Å²) >= 11 is 0. The van der Waals surface area contributed by atoms with E-state index in [1.165, 1.54) is 154 Å². The van der Waals surface area contributed by atoms with Crippen LogP contribution in [0.5, 0.6) is 0 Å². The second-order valence-corrected chi connectivity index (χ2v) is 28.5. The first kappa shape index (κ1) is 86.1. The average Bonchev–Trinajstić information content (AvgIpc) is 3.69. The lowest BCUT2D eigenvalue weighted by Gasteiger charge is -2.21. The van der Waals surface area contributed by atoms with E-state index in [2.05, 4.69) is 41.5 Å². The monoisotopic (exact) mass is 1300 g/mol. The summed E-state index contributed by atoms with van der Waals surface area (Å²) in [5, 5.41) is 10.6. The molecule has 19 heteroatoms. The predicted molar refractivity (Wildman–Crippen MR) is 354 cm³/mol. The molecule has 0 heterocycles. The molecule has 0 aromatic rings. The maximum atomic E-state index is 13.0. The number of carbonyl (C=O) groups excluding carboxylic acids is 4. The van der Waals surface area contributed by atoms with Crippen LogP contribution in [0.4, 0.5) is 0 Å². The van der Waals surface area contributed by atoms with Crippen molar-refractivity contribution in [3.63, 3.8) is 0 Å². The number of unbranched alkanes of at least 4 members (excludes halogenated alkanes) is 37. The van der Waals surface area contributed by atoms with E-state index in [1.54, 1.807) is 0 Å². The molecule has 3 unspecified atom stereocenters. The molecule has 0 bridgehead atoms. The van der Waals surface area contributed by atoms with Gasteiger partial charge >= 0.3 is 39.5 Å². The largest absolute Gasteiger partial charge is 0.472 e. The summed E-state index contributed by atoms with van der Waals surface area (Å²) in [5.74, 6) is -0.589. The van der Waals surface area contributed by atoms with Crippen molar-refractivity contribution in [1.29, 1.82) is 0 Å². The van der Waals surface area contributed by atoms with Gasteiger partial charge in [0.15, 0.2) is 12.2 Å². The number of phosphoric ester groups is 2. The summed E-state index contributed by atoms with van der Waals surface area (Å²) in [6.45, 7) is 9.49. The van der Waals surface area contributed by atoms with Crippen molar-refractivity contribution in [2.75, 3.05) is 39.6 Å². The van der Waals surface area contributed by atoms with Crippen LogP contribution in [0.15, 0.2) is 0 Å². The van der Waals surface area contributed by atoms with E-state index in [1.807, 2.05) is 0 Å². The van der Waals surface area contributed by atoms with Gasteiger partial charge in [0.25, 0.3) is 0 Å². The highest BCUT2D eigenvalue weighted by Crippen LogP contribution is 2.45. The van der Waals surface area contributed by atoms with Crippen molar-refractivity contribution in [2.24, 2.45) is 11.8 Å². The summed E-state index contributed by atoms with van der Waals surface area (Å²) in [6, 6.07) is 0. The Bertz CT molecular complexity index is 1720. The van der Waals surface area contributed by atoms with Crippen molar-refractivity contribution < 1.29 is 80.2 Å². The number of esters is 4. The van der Waals surface area contributed by atoms with Gasteiger partial charge in [0, 0.05) is 25.7 Å². The molecular formula is C69H134O17P2. The highest BCUT2D eigenvalue weighted by atomic mass is 31.2. The van der Waals surface area contributed by atoms with Gasteiger partial charge in [-0.15, -0.1) is 0 Å². The molecule has 88 heavy (non-hydrogen) atoms. The Kier molecular flexibility index (Phi) is 59.9. The molecule has 17 nitrogen and oxygen atoms in total. The van der Waals surface area contributed by atoms with E-state index in [-0.39, 0.29) is 25.7 Å². The molecular weight excluding hydrogens is 1160 g/mol. The summed E-state index contributed by atoms with van der Waals surface area (Å²) in [6.07, 6.45) is 45.9. The molecule has 0 fully saturated rings. The van der Waals surface area contributed by atoms with Crippen LogP contribution in [0.2, 0.25) is 0 Å². The summed E-state index contributed by atoms with van der Waals surface area (Å²) in [7, 11) is -9.89. The van der Waals surface area contributed by atoms with Gasteiger partial charge in [-0.25, -0.2) is 9.13 Å². The SMILES string of the molecule is CCCCCCCCCCCCCCCC(=O)OC[C@H](COP(=O)(O)OC[C@@H](O)COP(=O)(O)OC[C@@H](COC(=O)CCCCCCCCC)OC(=O)CCCCCCCCCC(C)C)OC(=O)CCCCCCCCCCCCCCCCC(C)CC. The molecule has 0 aliphatic heterocycles. The van der Waals surface area contributed by atoms with Crippen LogP contribution in [0.3, 0.4) is 0 Å². The highest BCUT2D eigenvalue weighted by molar-refractivity contribution is 7.47. The summed E-state index contributed by atoms with van der Waals surface area (Å²) in [4.78, 5) is 72.3. The lowest BCUT2D eigenvalue weighted by Crippen LogP contribution is -2.30. The summed E-state index contributed by atoms with van der Waals surface area (Å²) in [5.41, 5.74) is 0. The maximum absolute atomic E-state index is 13.0. The first-order valence-electron chi connectivity index (χ1n) is 36.0. The van der Waals surface area contributed by atoms with Crippen LogP contribution in [-0.4, -0.2) is 96.7 Å². The summed E-state index contributed by atoms with van der Waals surface area (Å²) < 4.78 is 68.1. The Hall–Kier alpha value is -1.94. The van der Waals surface area contributed by atoms with Gasteiger partial charge in [-0.2, -0.15) is 0 Å². The second kappa shape index (κ2) is 61.3. The van der Waals surface area contributed by atoms with E-state index in [4.69, 9.17) is 37.0 Å². The molecule has 0 spiro atoms. The predicted octanol–water partition coefficient (Wildman–Crippen LogP) is 19.6. The van der Waals surface area contributed by atoms with Crippen molar-refractivity contribution in [3.8, 4) is 0 Å². The van der Waals surface area contributed by atoms with Crippen molar-refractivity contribution in [2.45, 2.75) is 368 Å². The van der Waals surface area contributed by atoms with E-state index in [0.717, 1.165) is 109 Å². The van der Waals surface area contributed by atoms with Crippen LogP contribution >= 0.6 is 15.6 Å². The Morgan fingerprint density at radius 3 is 0.864 bits per heavy atom. The molecule has 3 N–H and O–H groups in total. The molecule has 0 amide bonds. The molecule has 0 aromatic carbocycles. The van der Waals surface area contributed by atoms with Gasteiger partial charge < -0.3 is 33.8 Å². The Morgan fingerprint density at radius 2 is 0.580 bits per heavy atom. The fraction of sp³-hybridized carbons (Fsp3) is 0.942. The van der Waals surface area contributed by atoms with E-state index in [9.17, 15) is 43.2 Å². The van der Waals surface area contributed by atoms with Gasteiger partial charge in [0.2, 0.25) is 0 Å². The topological polar surface area (TPSA) is 237 Å². The number of hydrogen-bond donors (Lipinski definition) is 3. The third-order valence-electron chi connectivity index (χ3n) is 16.3. The number of ether oxygens (including phenoxy) is 4. The minimum absolute atomic E-state index is 0.103. The van der Waals surface area contributed by atoms with E-state index >= 15 is 0 Å². The zero-order chi connectivity index (χ0) is 65.0. The van der Waals surface area contributed by atoms with Gasteiger partial charge in [-0.3, -0.25) is 37.3 Å². The third-order valence-corrected chi connectivity index (χ3v) is 18.2. The van der Waals surface area contributed by atoms with E-state index < -0.39 is 97.5 Å². The number of aliphatic hydroxyl groups is 1. The number of hydrogen-bond acceptors (Lipinski definition) is 15. The minimum Gasteiger partial charge on any atom is -0.462 e. The lowest BCUT2D eigenvalue weighted by atomic mass is 9.99. The lowest BCUT2D eigenvalue weighted by molar-refractivity contribution is -0.161. The number of carbonyl (C=O) groups is 4. The molecule has 0 aliphatic rings. The second-order valence-electron chi connectivity index (χ2n) is 25.6. The average molecular weight is 1300 g/mol. The molecule has 0 saturated carbocycles. The normalized spacial score (nSPS) is 14.5. The number of phosphoric acid groups is 2. The smallest absolute Gasteiger partial charge is 0.462 e. The molecule has 522 valence electrons. The number of rotatable bonds is 68. The number of aliphatic hydroxyl groups excluding tert-OH is 1. The van der Waals surface area contributed by atoms with Gasteiger partial charge in [-0.1, -0.05) is 298 Å². The van der Waals surface area contributed by atoms with Crippen LogP contribution in [-0.2, 0) is 65.4 Å². The van der Waals surface area contributed by atoms with Crippen molar-refractivity contribution >= 4 is 39.5 Å². The highest BCUT2D eigenvalue weighted by Gasteiger charge is 2.30. The molecule has 0 rings (SSSR count). The molecule has 6 atom stereocenters. The van der Waals surface area contributed by atoms with Crippen molar-refractivity contribution in [1.82, 2.24) is 0 Å². The maximum Gasteiger partial charge on any atom is 0.472 e. The van der Waals surface area contributed by atoms with Gasteiger partial charge in [0.1, 0.15) is 19.3 Å². The fourth-order valence-corrected chi connectivity index (χ4v) is 12.0. The minimum atomic E-state index is -4.95. The van der Waals surface area contributed by atoms with E-state index in [0.29, 0.717) is 31.6 Å². The zero-order valence-corrected chi connectivity index (χ0v) is 58.8. The van der Waals surface area contributed by atoms with Gasteiger partial charge in [-0.05, 0) is 37.5 Å². The molecule has 0 saturated heterocycles. The van der Waals surface area contributed by atoms with Crippen LogP contribution < -0.4 is 0 Å². The van der Waals surface area contributed by atoms with Crippen LogP contribution in [0, 0.1) is 11.8 Å². The Morgan fingerprint density at radius 1 is 0.330 bits per heavy atom. The first-order chi connectivity index (χ1) is 42.4. The standard InChI is InChI=1S/C69H134O17P2/c1-7-10-12-14-16-17-18-21-25-28-34-40-46-52-67(72)80-58-65(85-68(73)53-47-41-35-29-26-23-20-19-22-24-27-33-38-44-50-62(6)9-3)60-84-88(77,78)82-56-63(70)55-81-87(75,76)83-59-64(57-79-66(71)51-45-39-31-15-13-11-8-2)86-69(74)54-48-42-36-30-32-37-43-49-61(4)5/h61-65,70H,7-60H2,1-6H3,(H,75,76)(H,77,78)/t62?,63-,64+,65+/m0/s1. The first-order valence-corrected chi connectivity index (χ1v) is 39.0. The van der Waals surface area contributed by atoms with Gasteiger partial charge in [0.05, 0.1) is 26.4 Å². The van der Waals surface area contributed by atoms with Crippen LogP contribution in [0.1, 0.15) is 350 Å². The molecule has 0 aromatic heterocycles. The Labute approximate surface area is 537 Å². The zero-order valence-electron chi connectivity index (χ0n) is 57.0.